The van der Waals surface area contributed by atoms with Crippen LogP contribution in [0.4, 0.5) is 5.69 Å². The van der Waals surface area contributed by atoms with Gasteiger partial charge in [0.1, 0.15) is 0 Å². The quantitative estimate of drug-likeness (QED) is 0.610. The molecule has 1 aromatic carbocycles. The minimum atomic E-state index is 0.697. The minimum Gasteiger partial charge on any atom is -0.378 e. The molecular weight excluding hydrogens is 206 g/mol. The summed E-state index contributed by atoms with van der Waals surface area (Å²) in [6.07, 6.45) is 6.78. The van der Waals surface area contributed by atoms with Crippen LogP contribution in [0.15, 0.2) is 24.3 Å². The van der Waals surface area contributed by atoms with Gasteiger partial charge in [-0.05, 0) is 30.0 Å². The lowest BCUT2D eigenvalue weighted by atomic mass is 9.94. The standard InChI is InChI=1S/C16H27N/c1-5-6-7-8-9-14(2)15-10-12-16(13-11-15)17(3)4/h10-14H,5-9H2,1-4H3/t14-/m1/s1. The zero-order valence-corrected chi connectivity index (χ0v) is 11.9. The van der Waals surface area contributed by atoms with Crippen LogP contribution < -0.4 is 4.90 Å². The molecule has 1 nitrogen and oxygen atoms in total. The Morgan fingerprint density at radius 3 is 2.18 bits per heavy atom. The number of rotatable bonds is 7. The summed E-state index contributed by atoms with van der Waals surface area (Å²) in [6.45, 7) is 4.61. The summed E-state index contributed by atoms with van der Waals surface area (Å²) < 4.78 is 0. The Bertz CT molecular complexity index is 300. The number of unbranched alkanes of at least 4 members (excludes halogenated alkanes) is 3. The van der Waals surface area contributed by atoms with Gasteiger partial charge in [-0.25, -0.2) is 0 Å². The molecule has 0 radical (unpaired) electrons. The molecule has 1 aromatic rings. The van der Waals surface area contributed by atoms with Gasteiger partial charge < -0.3 is 4.90 Å². The van der Waals surface area contributed by atoms with E-state index in [1.54, 1.807) is 0 Å². The van der Waals surface area contributed by atoms with Crippen LogP contribution in [-0.2, 0) is 0 Å². The van der Waals surface area contributed by atoms with Crippen molar-refractivity contribution < 1.29 is 0 Å². The lowest BCUT2D eigenvalue weighted by molar-refractivity contribution is 0.580. The van der Waals surface area contributed by atoms with Crippen LogP contribution in [0.1, 0.15) is 57.4 Å². The first kappa shape index (κ1) is 14.1. The molecular formula is C16H27N. The third kappa shape index (κ3) is 4.80. The third-order valence-corrected chi connectivity index (χ3v) is 3.47. The molecule has 0 aromatic heterocycles. The van der Waals surface area contributed by atoms with Crippen molar-refractivity contribution in [2.75, 3.05) is 19.0 Å². The molecule has 96 valence electrons. The van der Waals surface area contributed by atoms with Crippen LogP contribution in [0, 0.1) is 0 Å². The van der Waals surface area contributed by atoms with E-state index in [-0.39, 0.29) is 0 Å². The van der Waals surface area contributed by atoms with Crippen molar-refractivity contribution in [1.29, 1.82) is 0 Å². The largest absolute Gasteiger partial charge is 0.378 e. The molecule has 0 aliphatic heterocycles. The van der Waals surface area contributed by atoms with Crippen molar-refractivity contribution in [3.8, 4) is 0 Å². The van der Waals surface area contributed by atoms with Crippen LogP contribution in [0.2, 0.25) is 0 Å². The Morgan fingerprint density at radius 1 is 1.00 bits per heavy atom. The van der Waals surface area contributed by atoms with Gasteiger partial charge in [0.2, 0.25) is 0 Å². The smallest absolute Gasteiger partial charge is 0.0361 e. The van der Waals surface area contributed by atoms with Crippen LogP contribution in [0.25, 0.3) is 0 Å². The summed E-state index contributed by atoms with van der Waals surface area (Å²) in [5.41, 5.74) is 2.76. The molecule has 1 rings (SSSR count). The maximum Gasteiger partial charge on any atom is 0.0361 e. The average molecular weight is 233 g/mol. The Balaban J connectivity index is 2.43. The molecule has 0 aliphatic carbocycles. The molecule has 1 heteroatoms. The van der Waals surface area contributed by atoms with Gasteiger partial charge in [-0.1, -0.05) is 51.7 Å². The number of nitrogens with zero attached hydrogens (tertiary/aromatic N) is 1. The summed E-state index contributed by atoms with van der Waals surface area (Å²) >= 11 is 0. The number of hydrogen-bond donors (Lipinski definition) is 0. The predicted octanol–water partition coefficient (Wildman–Crippen LogP) is 4.83. The molecule has 0 saturated carbocycles. The predicted molar refractivity (Wildman–Crippen MR) is 77.9 cm³/mol. The van der Waals surface area contributed by atoms with Crippen LogP contribution in [-0.4, -0.2) is 14.1 Å². The van der Waals surface area contributed by atoms with Crippen LogP contribution in [0.3, 0.4) is 0 Å². The molecule has 0 aliphatic rings. The van der Waals surface area contributed by atoms with E-state index in [0.717, 1.165) is 0 Å². The van der Waals surface area contributed by atoms with Gasteiger partial charge in [0, 0.05) is 19.8 Å². The third-order valence-electron chi connectivity index (χ3n) is 3.47. The first-order valence-corrected chi connectivity index (χ1v) is 6.92. The fraction of sp³-hybridized carbons (Fsp3) is 0.625. The molecule has 1 atom stereocenters. The maximum absolute atomic E-state index is 2.34. The van der Waals surface area contributed by atoms with Crippen molar-refractivity contribution in [2.24, 2.45) is 0 Å². The molecule has 17 heavy (non-hydrogen) atoms. The monoisotopic (exact) mass is 233 g/mol. The fourth-order valence-corrected chi connectivity index (χ4v) is 2.14. The highest BCUT2D eigenvalue weighted by molar-refractivity contribution is 5.46. The molecule has 0 heterocycles. The number of hydrogen-bond acceptors (Lipinski definition) is 1. The van der Waals surface area contributed by atoms with Crippen LogP contribution >= 0.6 is 0 Å². The van der Waals surface area contributed by atoms with Gasteiger partial charge in [-0.3, -0.25) is 0 Å². The molecule has 0 unspecified atom stereocenters. The maximum atomic E-state index is 2.34. The summed E-state index contributed by atoms with van der Waals surface area (Å²) in [7, 11) is 4.17. The molecule has 0 amide bonds. The highest BCUT2D eigenvalue weighted by Gasteiger charge is 2.05. The number of anilines is 1. The van der Waals surface area contributed by atoms with E-state index in [0.29, 0.717) is 5.92 Å². The lowest BCUT2D eigenvalue weighted by Crippen LogP contribution is -2.08. The van der Waals surface area contributed by atoms with Crippen molar-refractivity contribution in [3.05, 3.63) is 29.8 Å². The normalized spacial score (nSPS) is 12.5. The van der Waals surface area contributed by atoms with Crippen molar-refractivity contribution in [1.82, 2.24) is 0 Å². The highest BCUT2D eigenvalue weighted by Crippen LogP contribution is 2.24. The van der Waals surface area contributed by atoms with Gasteiger partial charge in [-0.2, -0.15) is 0 Å². The van der Waals surface area contributed by atoms with Gasteiger partial charge in [-0.15, -0.1) is 0 Å². The summed E-state index contributed by atoms with van der Waals surface area (Å²) in [5.74, 6) is 0.697. The molecule has 0 N–H and O–H groups in total. The van der Waals surface area contributed by atoms with Crippen molar-refractivity contribution in [3.63, 3.8) is 0 Å². The number of benzene rings is 1. The Kier molecular flexibility index (Phi) is 6.10. The Morgan fingerprint density at radius 2 is 1.65 bits per heavy atom. The van der Waals surface area contributed by atoms with Gasteiger partial charge in [0.25, 0.3) is 0 Å². The molecule has 0 fully saturated rings. The zero-order valence-electron chi connectivity index (χ0n) is 11.9. The van der Waals surface area contributed by atoms with E-state index in [9.17, 15) is 0 Å². The summed E-state index contributed by atoms with van der Waals surface area (Å²) in [6, 6.07) is 9.00. The Hall–Kier alpha value is -0.980. The van der Waals surface area contributed by atoms with Crippen molar-refractivity contribution in [2.45, 2.75) is 51.9 Å². The summed E-state index contributed by atoms with van der Waals surface area (Å²) in [4.78, 5) is 2.15. The SMILES string of the molecule is CCCCCC[C@@H](C)c1ccc(N(C)C)cc1. The zero-order chi connectivity index (χ0) is 12.7. The fourth-order valence-electron chi connectivity index (χ4n) is 2.14. The van der Waals surface area contributed by atoms with E-state index >= 15 is 0 Å². The molecule has 0 spiro atoms. The average Bonchev–Trinajstić information content (AvgIpc) is 2.34. The summed E-state index contributed by atoms with van der Waals surface area (Å²) in [5, 5.41) is 0. The van der Waals surface area contributed by atoms with Gasteiger partial charge >= 0.3 is 0 Å². The van der Waals surface area contributed by atoms with Crippen molar-refractivity contribution >= 4 is 5.69 Å². The second-order valence-electron chi connectivity index (χ2n) is 5.24. The molecule has 0 bridgehead atoms. The molecule has 0 saturated heterocycles. The second-order valence-corrected chi connectivity index (χ2v) is 5.24. The topological polar surface area (TPSA) is 3.24 Å². The van der Waals surface area contributed by atoms with E-state index in [4.69, 9.17) is 0 Å². The first-order chi connectivity index (χ1) is 8.15. The van der Waals surface area contributed by atoms with E-state index < -0.39 is 0 Å². The lowest BCUT2D eigenvalue weighted by Gasteiger charge is -2.15. The first-order valence-electron chi connectivity index (χ1n) is 6.92. The van der Waals surface area contributed by atoms with Crippen LogP contribution in [0.5, 0.6) is 0 Å². The highest BCUT2D eigenvalue weighted by atomic mass is 15.1. The van der Waals surface area contributed by atoms with Gasteiger partial charge in [0.05, 0.1) is 0 Å². The van der Waals surface area contributed by atoms with E-state index in [1.807, 2.05) is 0 Å². The van der Waals surface area contributed by atoms with E-state index in [2.05, 4.69) is 57.1 Å². The van der Waals surface area contributed by atoms with Gasteiger partial charge in [0.15, 0.2) is 0 Å². The Labute approximate surface area is 107 Å². The minimum absolute atomic E-state index is 0.697. The second kappa shape index (κ2) is 7.37. The van der Waals surface area contributed by atoms with E-state index in [1.165, 1.54) is 43.4 Å².